The van der Waals surface area contributed by atoms with E-state index in [2.05, 4.69) is 20.3 Å². The number of hydrogen-bond acceptors (Lipinski definition) is 5. The molecule has 1 amide bonds. The van der Waals surface area contributed by atoms with Crippen molar-refractivity contribution in [1.29, 1.82) is 0 Å². The highest BCUT2D eigenvalue weighted by molar-refractivity contribution is 7.19. The van der Waals surface area contributed by atoms with Gasteiger partial charge in [-0.05, 0) is 30.5 Å². The number of carbonyl (C=O) groups excluding carboxylic acids is 1. The fraction of sp³-hybridized carbons (Fsp3) is 0.176. The Morgan fingerprint density at radius 3 is 2.88 bits per heavy atom. The molecule has 0 saturated heterocycles. The third-order valence-electron chi connectivity index (χ3n) is 3.81. The van der Waals surface area contributed by atoms with Gasteiger partial charge in [0.1, 0.15) is 5.82 Å². The number of rotatable bonds is 2. The molecule has 0 atom stereocenters. The van der Waals surface area contributed by atoms with Crippen LogP contribution in [0.15, 0.2) is 30.5 Å². The van der Waals surface area contributed by atoms with Gasteiger partial charge < -0.3 is 5.32 Å². The van der Waals surface area contributed by atoms with Gasteiger partial charge in [-0.1, -0.05) is 23.5 Å². The molecule has 0 bridgehead atoms. The third-order valence-corrected chi connectivity index (χ3v) is 4.83. The number of aromatic nitrogens is 3. The minimum atomic E-state index is -0.350. The lowest BCUT2D eigenvalue weighted by atomic mass is 9.99. The van der Waals surface area contributed by atoms with Crippen LogP contribution in [0, 0.1) is 5.82 Å². The van der Waals surface area contributed by atoms with Crippen LogP contribution in [0.1, 0.15) is 18.2 Å². The number of aryl methyl sites for hydroxylation is 2. The molecule has 3 aromatic rings. The second-order valence-electron chi connectivity index (χ2n) is 5.52. The van der Waals surface area contributed by atoms with Gasteiger partial charge in [0.05, 0.1) is 21.8 Å². The first-order valence-corrected chi connectivity index (χ1v) is 8.32. The Bertz CT molecular complexity index is 954. The molecular formula is C17H13FN4OS. The van der Waals surface area contributed by atoms with Crippen LogP contribution >= 0.6 is 11.3 Å². The summed E-state index contributed by atoms with van der Waals surface area (Å²) in [5, 5.41) is 3.27. The van der Waals surface area contributed by atoms with Crippen LogP contribution in [0.4, 0.5) is 9.52 Å². The number of halogens is 1. The third kappa shape index (κ3) is 2.56. The largest absolute Gasteiger partial charge is 0.302 e. The van der Waals surface area contributed by atoms with Crippen molar-refractivity contribution in [2.45, 2.75) is 19.8 Å². The summed E-state index contributed by atoms with van der Waals surface area (Å²) < 4.78 is 14.0. The molecular weight excluding hydrogens is 327 g/mol. The number of carbonyl (C=O) groups is 1. The van der Waals surface area contributed by atoms with E-state index in [9.17, 15) is 9.18 Å². The highest BCUT2D eigenvalue weighted by Gasteiger charge is 2.24. The Morgan fingerprint density at radius 2 is 2.08 bits per heavy atom. The molecule has 2 aromatic heterocycles. The summed E-state index contributed by atoms with van der Waals surface area (Å²) in [6, 6.07) is 6.45. The first-order chi connectivity index (χ1) is 11.6. The lowest BCUT2D eigenvalue weighted by molar-refractivity contribution is -0.114. The van der Waals surface area contributed by atoms with Gasteiger partial charge in [-0.25, -0.2) is 19.3 Å². The first-order valence-electron chi connectivity index (χ1n) is 7.50. The lowest BCUT2D eigenvalue weighted by Crippen LogP contribution is -2.07. The van der Waals surface area contributed by atoms with Crippen molar-refractivity contribution < 1.29 is 9.18 Å². The normalized spacial score (nSPS) is 12.4. The van der Waals surface area contributed by atoms with Crippen LogP contribution in [0.25, 0.3) is 22.0 Å². The maximum absolute atomic E-state index is 14.0. The second kappa shape index (κ2) is 5.76. The van der Waals surface area contributed by atoms with Crippen molar-refractivity contribution >= 4 is 22.4 Å². The van der Waals surface area contributed by atoms with Crippen LogP contribution in [0.5, 0.6) is 0 Å². The van der Waals surface area contributed by atoms with Crippen LogP contribution in [-0.2, 0) is 17.6 Å². The van der Waals surface area contributed by atoms with Gasteiger partial charge >= 0.3 is 0 Å². The van der Waals surface area contributed by atoms with E-state index in [0.717, 1.165) is 34.7 Å². The lowest BCUT2D eigenvalue weighted by Gasteiger charge is -2.14. The molecule has 1 aliphatic carbocycles. The molecule has 1 aromatic carbocycles. The van der Waals surface area contributed by atoms with E-state index in [1.807, 2.05) is 0 Å². The summed E-state index contributed by atoms with van der Waals surface area (Å²) in [7, 11) is 0. The molecule has 120 valence electrons. The monoisotopic (exact) mass is 340 g/mol. The van der Waals surface area contributed by atoms with Gasteiger partial charge in [0.25, 0.3) is 0 Å². The highest BCUT2D eigenvalue weighted by Crippen LogP contribution is 2.39. The molecule has 1 aliphatic rings. The Kier molecular flexibility index (Phi) is 3.57. The molecule has 5 nitrogen and oxygen atoms in total. The van der Waals surface area contributed by atoms with Crippen molar-refractivity contribution in [2.24, 2.45) is 0 Å². The van der Waals surface area contributed by atoms with E-state index < -0.39 is 0 Å². The Balaban J connectivity index is 1.81. The molecule has 7 heteroatoms. The average Bonchev–Trinajstić information content (AvgIpc) is 2.97. The van der Waals surface area contributed by atoms with E-state index in [0.29, 0.717) is 16.5 Å². The van der Waals surface area contributed by atoms with Crippen LogP contribution < -0.4 is 5.32 Å². The maximum atomic E-state index is 14.0. The Hall–Kier alpha value is -2.67. The van der Waals surface area contributed by atoms with Crippen molar-refractivity contribution in [3.8, 4) is 22.0 Å². The fourth-order valence-corrected chi connectivity index (χ4v) is 3.80. The molecule has 0 radical (unpaired) electrons. The highest BCUT2D eigenvalue weighted by atomic mass is 32.1. The minimum absolute atomic E-state index is 0.156. The smallest absolute Gasteiger partial charge is 0.223 e. The molecule has 0 saturated carbocycles. The number of fused-ring (bicyclic) bond motifs is 3. The van der Waals surface area contributed by atoms with Gasteiger partial charge in [0, 0.05) is 13.1 Å². The van der Waals surface area contributed by atoms with Gasteiger partial charge in [0.2, 0.25) is 5.91 Å². The summed E-state index contributed by atoms with van der Waals surface area (Å²) in [6.45, 7) is 1.45. The summed E-state index contributed by atoms with van der Waals surface area (Å²) in [4.78, 5) is 25.5. The quantitative estimate of drug-likeness (QED) is 0.776. The van der Waals surface area contributed by atoms with Crippen LogP contribution in [-0.4, -0.2) is 20.9 Å². The maximum Gasteiger partial charge on any atom is 0.223 e. The SMILES string of the molecule is CC(=O)Nc1nc2c(s1)-c1nc(-c3ccccc3F)ncc1CC2. The number of amides is 1. The molecule has 0 spiro atoms. The average molecular weight is 340 g/mol. The zero-order valence-corrected chi connectivity index (χ0v) is 13.7. The number of benzene rings is 1. The number of anilines is 1. The van der Waals surface area contributed by atoms with Gasteiger partial charge in [0.15, 0.2) is 11.0 Å². The molecule has 4 rings (SSSR count). The molecule has 0 unspecified atom stereocenters. The molecule has 2 heterocycles. The van der Waals surface area contributed by atoms with Crippen molar-refractivity contribution in [3.05, 3.63) is 47.5 Å². The van der Waals surface area contributed by atoms with E-state index in [-0.39, 0.29) is 11.7 Å². The Labute approximate surface area is 141 Å². The number of hydrogen-bond donors (Lipinski definition) is 1. The van der Waals surface area contributed by atoms with Gasteiger partial charge in [-0.2, -0.15) is 0 Å². The topological polar surface area (TPSA) is 67.8 Å². The fourth-order valence-electron chi connectivity index (χ4n) is 2.72. The molecule has 1 N–H and O–H groups in total. The van der Waals surface area contributed by atoms with E-state index >= 15 is 0 Å². The van der Waals surface area contributed by atoms with Crippen molar-refractivity contribution in [2.75, 3.05) is 5.32 Å². The van der Waals surface area contributed by atoms with Gasteiger partial charge in [-0.15, -0.1) is 0 Å². The molecule has 0 fully saturated rings. The zero-order chi connectivity index (χ0) is 16.7. The minimum Gasteiger partial charge on any atom is -0.302 e. The van der Waals surface area contributed by atoms with Crippen LogP contribution in [0.3, 0.4) is 0 Å². The number of nitrogens with zero attached hydrogens (tertiary/aromatic N) is 3. The van der Waals surface area contributed by atoms with Crippen molar-refractivity contribution in [3.63, 3.8) is 0 Å². The number of nitrogens with one attached hydrogen (secondary N) is 1. The first kappa shape index (κ1) is 14.9. The predicted octanol–water partition coefficient (Wildman–Crippen LogP) is 3.46. The van der Waals surface area contributed by atoms with E-state index in [1.165, 1.54) is 24.3 Å². The summed E-state index contributed by atoms with van der Waals surface area (Å²) in [5.41, 5.74) is 3.08. The standard InChI is InChI=1S/C17H13FN4OS/c1-9(23)20-17-21-13-7-6-10-8-19-16(22-14(10)15(13)24-17)11-4-2-3-5-12(11)18/h2-5,8H,6-7H2,1H3,(H,20,21,23). The van der Waals surface area contributed by atoms with E-state index in [4.69, 9.17) is 0 Å². The molecule has 24 heavy (non-hydrogen) atoms. The Morgan fingerprint density at radius 1 is 1.25 bits per heavy atom. The van der Waals surface area contributed by atoms with E-state index in [1.54, 1.807) is 24.4 Å². The van der Waals surface area contributed by atoms with Crippen molar-refractivity contribution in [1.82, 2.24) is 15.0 Å². The zero-order valence-electron chi connectivity index (χ0n) is 12.8. The number of thiazole rings is 1. The summed E-state index contributed by atoms with van der Waals surface area (Å²) >= 11 is 1.39. The van der Waals surface area contributed by atoms with Crippen LogP contribution in [0.2, 0.25) is 0 Å². The second-order valence-corrected chi connectivity index (χ2v) is 6.52. The predicted molar refractivity (Wildman–Crippen MR) is 90.2 cm³/mol. The summed E-state index contributed by atoms with van der Waals surface area (Å²) in [5.74, 6) is -0.151. The summed E-state index contributed by atoms with van der Waals surface area (Å²) in [6.07, 6.45) is 3.31. The molecule has 0 aliphatic heterocycles. The van der Waals surface area contributed by atoms with Gasteiger partial charge in [-0.3, -0.25) is 4.79 Å².